The molecule has 102 valence electrons. The van der Waals surface area contributed by atoms with E-state index in [0.717, 1.165) is 31.4 Å². The molecule has 0 spiro atoms. The van der Waals surface area contributed by atoms with Gasteiger partial charge in [0.1, 0.15) is 0 Å². The molecule has 0 saturated heterocycles. The third kappa shape index (κ3) is 4.37. The normalized spacial score (nSPS) is 14.5. The molecule has 0 aliphatic rings. The second kappa shape index (κ2) is 7.47. The van der Waals surface area contributed by atoms with Crippen LogP contribution in [0.1, 0.15) is 39.2 Å². The van der Waals surface area contributed by atoms with Crippen molar-refractivity contribution in [3.8, 4) is 0 Å². The Labute approximate surface area is 109 Å². The molecule has 2 atom stereocenters. The van der Waals surface area contributed by atoms with Gasteiger partial charge in [-0.2, -0.15) is 0 Å². The molecule has 1 aromatic rings. The van der Waals surface area contributed by atoms with Crippen LogP contribution in [0.2, 0.25) is 0 Å². The van der Waals surface area contributed by atoms with Crippen LogP contribution >= 0.6 is 0 Å². The van der Waals surface area contributed by atoms with E-state index >= 15 is 0 Å². The van der Waals surface area contributed by atoms with Gasteiger partial charge in [0.25, 0.3) is 0 Å². The maximum Gasteiger partial charge on any atom is 0.159 e. The Balaban J connectivity index is 2.64. The van der Waals surface area contributed by atoms with Gasteiger partial charge >= 0.3 is 0 Å². The molecule has 0 amide bonds. The van der Waals surface area contributed by atoms with Gasteiger partial charge in [0.05, 0.1) is 0 Å². The fraction of sp³-hybridized carbons (Fsp3) is 0.600. The lowest BCUT2D eigenvalue weighted by Gasteiger charge is -2.24. The molecule has 0 heterocycles. The van der Waals surface area contributed by atoms with Crippen LogP contribution in [0, 0.1) is 17.6 Å². The van der Waals surface area contributed by atoms with Crippen LogP contribution in [0.25, 0.3) is 0 Å². The lowest BCUT2D eigenvalue weighted by atomic mass is 9.90. The highest BCUT2D eigenvalue weighted by molar-refractivity contribution is 5.18. The largest absolute Gasteiger partial charge is 0.314 e. The molecule has 0 saturated carbocycles. The van der Waals surface area contributed by atoms with Crippen molar-refractivity contribution in [1.29, 1.82) is 0 Å². The van der Waals surface area contributed by atoms with Crippen molar-refractivity contribution in [2.45, 2.75) is 46.1 Å². The van der Waals surface area contributed by atoms with Crippen molar-refractivity contribution >= 4 is 0 Å². The lowest BCUT2D eigenvalue weighted by molar-refractivity contribution is 0.361. The van der Waals surface area contributed by atoms with Crippen molar-refractivity contribution in [3.63, 3.8) is 0 Å². The van der Waals surface area contributed by atoms with E-state index in [0.29, 0.717) is 12.0 Å². The van der Waals surface area contributed by atoms with Crippen LogP contribution in [0.4, 0.5) is 8.78 Å². The Kier molecular flexibility index (Phi) is 6.27. The highest BCUT2D eigenvalue weighted by Gasteiger charge is 2.16. The topological polar surface area (TPSA) is 12.0 Å². The van der Waals surface area contributed by atoms with Gasteiger partial charge in [-0.1, -0.05) is 26.3 Å². The summed E-state index contributed by atoms with van der Waals surface area (Å²) >= 11 is 0. The van der Waals surface area contributed by atoms with Gasteiger partial charge in [0, 0.05) is 6.04 Å². The van der Waals surface area contributed by atoms with Crippen LogP contribution in [0.5, 0.6) is 0 Å². The number of halogens is 2. The molecule has 1 rings (SSSR count). The van der Waals surface area contributed by atoms with Gasteiger partial charge in [0.15, 0.2) is 11.6 Å². The van der Waals surface area contributed by atoms with E-state index < -0.39 is 11.6 Å². The summed E-state index contributed by atoms with van der Waals surface area (Å²) in [5.41, 5.74) is 0.867. The average molecular weight is 255 g/mol. The molecule has 0 aliphatic carbocycles. The van der Waals surface area contributed by atoms with Crippen LogP contribution in [-0.2, 0) is 6.42 Å². The average Bonchev–Trinajstić information content (AvgIpc) is 2.37. The summed E-state index contributed by atoms with van der Waals surface area (Å²) < 4.78 is 26.0. The van der Waals surface area contributed by atoms with Gasteiger partial charge < -0.3 is 5.32 Å². The number of nitrogens with one attached hydrogen (secondary N) is 1. The lowest BCUT2D eigenvalue weighted by Crippen LogP contribution is -2.34. The van der Waals surface area contributed by atoms with Crippen molar-refractivity contribution < 1.29 is 8.78 Å². The highest BCUT2D eigenvalue weighted by Crippen LogP contribution is 2.18. The first-order valence-electron chi connectivity index (χ1n) is 6.75. The van der Waals surface area contributed by atoms with Crippen LogP contribution < -0.4 is 5.32 Å². The Bertz CT molecular complexity index is 366. The predicted octanol–water partition coefficient (Wildman–Crippen LogP) is 3.92. The molecule has 1 nitrogen and oxygen atoms in total. The third-order valence-electron chi connectivity index (χ3n) is 3.43. The zero-order valence-corrected chi connectivity index (χ0v) is 11.5. The number of hydrogen-bond donors (Lipinski definition) is 1. The molecule has 0 fully saturated rings. The summed E-state index contributed by atoms with van der Waals surface area (Å²) in [7, 11) is 0. The second-order valence-corrected chi connectivity index (χ2v) is 4.86. The van der Waals surface area contributed by atoms with Gasteiger partial charge in [-0.15, -0.1) is 0 Å². The molecule has 1 aromatic carbocycles. The molecule has 3 heteroatoms. The molecule has 0 bridgehead atoms. The molecular weight excluding hydrogens is 232 g/mol. The minimum atomic E-state index is -0.774. The van der Waals surface area contributed by atoms with E-state index in [-0.39, 0.29) is 0 Å². The summed E-state index contributed by atoms with van der Waals surface area (Å²) in [6, 6.07) is 4.59. The minimum Gasteiger partial charge on any atom is -0.314 e. The molecule has 0 radical (unpaired) electrons. The van der Waals surface area contributed by atoms with E-state index in [9.17, 15) is 8.78 Å². The van der Waals surface area contributed by atoms with Crippen molar-refractivity contribution in [2.24, 2.45) is 5.92 Å². The minimum absolute atomic E-state index is 0.392. The van der Waals surface area contributed by atoms with Crippen LogP contribution in [-0.4, -0.2) is 12.6 Å². The second-order valence-electron chi connectivity index (χ2n) is 4.86. The SMILES string of the molecule is CCCNC(C)C(CC)Cc1ccc(F)c(F)c1. The first-order valence-corrected chi connectivity index (χ1v) is 6.75. The maximum atomic E-state index is 13.1. The quantitative estimate of drug-likeness (QED) is 0.778. The van der Waals surface area contributed by atoms with Gasteiger partial charge in [0.2, 0.25) is 0 Å². The Morgan fingerprint density at radius 2 is 1.89 bits per heavy atom. The molecular formula is C15H23F2N. The molecule has 0 aliphatic heterocycles. The van der Waals surface area contributed by atoms with E-state index in [4.69, 9.17) is 0 Å². The van der Waals surface area contributed by atoms with Crippen LogP contribution in [0.15, 0.2) is 18.2 Å². The number of benzene rings is 1. The summed E-state index contributed by atoms with van der Waals surface area (Å²) in [6.45, 7) is 7.42. The third-order valence-corrected chi connectivity index (χ3v) is 3.43. The maximum absolute atomic E-state index is 13.1. The Hall–Kier alpha value is -0.960. The van der Waals surface area contributed by atoms with E-state index in [1.54, 1.807) is 6.07 Å². The zero-order chi connectivity index (χ0) is 13.5. The summed E-state index contributed by atoms with van der Waals surface area (Å²) in [5, 5.41) is 3.46. The first kappa shape index (κ1) is 15.1. The summed E-state index contributed by atoms with van der Waals surface area (Å²) in [6.07, 6.45) is 2.91. The smallest absolute Gasteiger partial charge is 0.159 e. The number of rotatable bonds is 7. The predicted molar refractivity (Wildman–Crippen MR) is 71.6 cm³/mol. The van der Waals surface area contributed by atoms with Gasteiger partial charge in [-0.3, -0.25) is 0 Å². The first-order chi connectivity index (χ1) is 8.58. The molecule has 1 N–H and O–H groups in total. The van der Waals surface area contributed by atoms with Crippen molar-refractivity contribution in [3.05, 3.63) is 35.4 Å². The molecule has 18 heavy (non-hydrogen) atoms. The fourth-order valence-electron chi connectivity index (χ4n) is 2.18. The van der Waals surface area contributed by atoms with Gasteiger partial charge in [-0.05, 0) is 49.9 Å². The Morgan fingerprint density at radius 1 is 1.17 bits per heavy atom. The summed E-state index contributed by atoms with van der Waals surface area (Å²) in [5.74, 6) is -1.08. The monoisotopic (exact) mass is 255 g/mol. The van der Waals surface area contributed by atoms with E-state index in [2.05, 4.69) is 26.1 Å². The zero-order valence-electron chi connectivity index (χ0n) is 11.5. The van der Waals surface area contributed by atoms with E-state index in [1.807, 2.05) is 0 Å². The van der Waals surface area contributed by atoms with Gasteiger partial charge in [-0.25, -0.2) is 8.78 Å². The Morgan fingerprint density at radius 3 is 2.44 bits per heavy atom. The van der Waals surface area contributed by atoms with Crippen molar-refractivity contribution in [2.75, 3.05) is 6.54 Å². The van der Waals surface area contributed by atoms with Crippen molar-refractivity contribution in [1.82, 2.24) is 5.32 Å². The molecule has 0 aromatic heterocycles. The number of hydrogen-bond acceptors (Lipinski definition) is 1. The standard InChI is InChI=1S/C15H23F2N/c1-4-8-18-11(3)13(5-2)9-12-6-7-14(16)15(17)10-12/h6-7,10-11,13,18H,4-5,8-9H2,1-3H3. The summed E-state index contributed by atoms with van der Waals surface area (Å²) in [4.78, 5) is 0. The molecule has 2 unspecified atom stereocenters. The van der Waals surface area contributed by atoms with E-state index in [1.165, 1.54) is 12.1 Å². The van der Waals surface area contributed by atoms with Crippen LogP contribution in [0.3, 0.4) is 0 Å². The fourth-order valence-corrected chi connectivity index (χ4v) is 2.18. The highest BCUT2D eigenvalue weighted by atomic mass is 19.2.